The smallest absolute Gasteiger partial charge is 0.260 e. The Morgan fingerprint density at radius 1 is 0.966 bits per heavy atom. The minimum absolute atomic E-state index is 0.265. The molecule has 0 radical (unpaired) electrons. The summed E-state index contributed by atoms with van der Waals surface area (Å²) in [6.07, 6.45) is 1.69. The third-order valence-electron chi connectivity index (χ3n) is 4.05. The first-order chi connectivity index (χ1) is 14.1. The summed E-state index contributed by atoms with van der Waals surface area (Å²) < 4.78 is 11.4. The van der Waals surface area contributed by atoms with Crippen LogP contribution in [0.25, 0.3) is 0 Å². The predicted octanol–water partition coefficient (Wildman–Crippen LogP) is 3.85. The molecule has 3 rings (SSSR count). The lowest BCUT2D eigenvalue weighted by Gasteiger charge is -2.13. The summed E-state index contributed by atoms with van der Waals surface area (Å²) >= 11 is 0. The van der Waals surface area contributed by atoms with Crippen LogP contribution in [0.1, 0.15) is 15.9 Å². The first kappa shape index (κ1) is 20.4. The van der Waals surface area contributed by atoms with Crippen LogP contribution in [-0.2, 0) is 6.54 Å². The monoisotopic (exact) mass is 391 g/mol. The van der Waals surface area contributed by atoms with Gasteiger partial charge in [-0.15, -0.1) is 0 Å². The van der Waals surface area contributed by atoms with Crippen LogP contribution in [0.3, 0.4) is 0 Å². The van der Waals surface area contributed by atoms with Gasteiger partial charge in [0.15, 0.2) is 0 Å². The molecule has 1 N–H and O–H groups in total. The molecule has 1 heterocycles. The summed E-state index contributed by atoms with van der Waals surface area (Å²) in [5, 5.41) is 2.85. The van der Waals surface area contributed by atoms with Gasteiger partial charge in [0.05, 0.1) is 5.56 Å². The zero-order valence-electron chi connectivity index (χ0n) is 16.7. The van der Waals surface area contributed by atoms with Crippen molar-refractivity contribution in [1.29, 1.82) is 0 Å². The average molecular weight is 391 g/mol. The first-order valence-corrected chi connectivity index (χ1v) is 9.42. The Labute approximate surface area is 171 Å². The molecule has 3 aromatic rings. The average Bonchev–Trinajstić information content (AvgIpc) is 2.72. The Morgan fingerprint density at radius 3 is 2.48 bits per heavy atom. The highest BCUT2D eigenvalue weighted by molar-refractivity contribution is 6.05. The first-order valence-electron chi connectivity index (χ1n) is 9.42. The summed E-state index contributed by atoms with van der Waals surface area (Å²) in [6.45, 7) is 1.48. The van der Waals surface area contributed by atoms with E-state index in [-0.39, 0.29) is 5.91 Å². The molecule has 150 valence electrons. The van der Waals surface area contributed by atoms with Crippen LogP contribution < -0.4 is 14.8 Å². The van der Waals surface area contributed by atoms with Gasteiger partial charge in [0.1, 0.15) is 30.5 Å². The van der Waals surface area contributed by atoms with Crippen LogP contribution in [0, 0.1) is 0 Å². The Kier molecular flexibility index (Phi) is 7.19. The summed E-state index contributed by atoms with van der Waals surface area (Å²) in [5.74, 6) is 1.53. The number of para-hydroxylation sites is 2. The second kappa shape index (κ2) is 10.2. The molecule has 0 saturated heterocycles. The molecule has 0 unspecified atom stereocenters. The molecule has 29 heavy (non-hydrogen) atoms. The van der Waals surface area contributed by atoms with E-state index in [9.17, 15) is 4.79 Å². The normalized spacial score (nSPS) is 10.6. The molecule has 0 fully saturated rings. The van der Waals surface area contributed by atoms with E-state index < -0.39 is 0 Å². The van der Waals surface area contributed by atoms with Crippen LogP contribution >= 0.6 is 0 Å². The lowest BCUT2D eigenvalue weighted by atomic mass is 10.2. The van der Waals surface area contributed by atoms with Gasteiger partial charge in [-0.3, -0.25) is 4.79 Å². The van der Waals surface area contributed by atoms with Crippen molar-refractivity contribution >= 4 is 11.7 Å². The SMILES string of the molecule is CN(C)Cc1ccnc(NC(=O)c2ccccc2OCCOc2ccccc2)c1. The number of pyridine rings is 1. The number of rotatable bonds is 9. The van der Waals surface area contributed by atoms with Gasteiger partial charge in [0.2, 0.25) is 0 Å². The Bertz CT molecular complexity index is 929. The van der Waals surface area contributed by atoms with E-state index >= 15 is 0 Å². The molecule has 0 aliphatic rings. The van der Waals surface area contributed by atoms with Crippen molar-refractivity contribution in [3.05, 3.63) is 84.1 Å². The van der Waals surface area contributed by atoms with Gasteiger partial charge in [-0.2, -0.15) is 0 Å². The molecule has 1 amide bonds. The maximum atomic E-state index is 12.7. The summed E-state index contributed by atoms with van der Waals surface area (Å²) in [4.78, 5) is 19.0. The molecule has 6 heteroatoms. The van der Waals surface area contributed by atoms with E-state index in [0.29, 0.717) is 30.3 Å². The number of carbonyl (C=O) groups is 1. The highest BCUT2D eigenvalue weighted by atomic mass is 16.5. The maximum Gasteiger partial charge on any atom is 0.260 e. The number of amides is 1. The number of ether oxygens (including phenoxy) is 2. The second-order valence-corrected chi connectivity index (χ2v) is 6.75. The largest absolute Gasteiger partial charge is 0.490 e. The topological polar surface area (TPSA) is 63.7 Å². The van der Waals surface area contributed by atoms with Crippen LogP contribution in [-0.4, -0.2) is 43.1 Å². The van der Waals surface area contributed by atoms with Crippen molar-refractivity contribution in [1.82, 2.24) is 9.88 Å². The molecule has 0 aliphatic carbocycles. The number of anilines is 1. The fraction of sp³-hybridized carbons (Fsp3) is 0.217. The molecule has 1 aromatic heterocycles. The van der Waals surface area contributed by atoms with Gasteiger partial charge in [0, 0.05) is 12.7 Å². The number of nitrogens with zero attached hydrogens (tertiary/aromatic N) is 2. The Hall–Kier alpha value is -3.38. The Morgan fingerprint density at radius 2 is 1.69 bits per heavy atom. The molecule has 0 aliphatic heterocycles. The van der Waals surface area contributed by atoms with Crippen LogP contribution in [0.4, 0.5) is 5.82 Å². The Balaban J connectivity index is 1.59. The molecule has 0 saturated carbocycles. The second-order valence-electron chi connectivity index (χ2n) is 6.75. The number of carbonyl (C=O) groups excluding carboxylic acids is 1. The molecule has 6 nitrogen and oxygen atoms in total. The van der Waals surface area contributed by atoms with E-state index in [1.165, 1.54) is 0 Å². The van der Waals surface area contributed by atoms with Crippen LogP contribution in [0.15, 0.2) is 72.9 Å². The molecular weight excluding hydrogens is 366 g/mol. The lowest BCUT2D eigenvalue weighted by molar-refractivity contribution is 0.102. The molecule has 2 aromatic carbocycles. The van der Waals surface area contributed by atoms with Gasteiger partial charge in [-0.1, -0.05) is 30.3 Å². The third kappa shape index (κ3) is 6.33. The summed E-state index contributed by atoms with van der Waals surface area (Å²) in [6, 6.07) is 20.5. The van der Waals surface area contributed by atoms with Gasteiger partial charge in [-0.05, 0) is 56.1 Å². The highest BCUT2D eigenvalue weighted by Crippen LogP contribution is 2.20. The van der Waals surface area contributed by atoms with Crippen molar-refractivity contribution in [2.75, 3.05) is 32.6 Å². The standard InChI is InChI=1S/C23H25N3O3/c1-26(2)17-18-12-13-24-22(16-18)25-23(27)20-10-6-7-11-21(20)29-15-14-28-19-8-4-3-5-9-19/h3-13,16H,14-15,17H2,1-2H3,(H,24,25,27). The number of hydrogen-bond donors (Lipinski definition) is 1. The number of aromatic nitrogens is 1. The number of hydrogen-bond acceptors (Lipinski definition) is 5. The van der Waals surface area contributed by atoms with Crippen LogP contribution in [0.5, 0.6) is 11.5 Å². The van der Waals surface area contributed by atoms with Gasteiger partial charge < -0.3 is 19.7 Å². The van der Waals surface area contributed by atoms with E-state index in [1.54, 1.807) is 24.4 Å². The van der Waals surface area contributed by atoms with Crippen molar-refractivity contribution in [3.63, 3.8) is 0 Å². The minimum Gasteiger partial charge on any atom is -0.490 e. The fourth-order valence-electron chi connectivity index (χ4n) is 2.80. The predicted molar refractivity (Wildman–Crippen MR) is 113 cm³/mol. The van der Waals surface area contributed by atoms with Gasteiger partial charge in [-0.25, -0.2) is 4.98 Å². The van der Waals surface area contributed by atoms with Crippen molar-refractivity contribution in [2.45, 2.75) is 6.54 Å². The van der Waals surface area contributed by atoms with E-state index in [0.717, 1.165) is 17.9 Å². The van der Waals surface area contributed by atoms with Crippen LogP contribution in [0.2, 0.25) is 0 Å². The number of nitrogens with one attached hydrogen (secondary N) is 1. The maximum absolute atomic E-state index is 12.7. The highest BCUT2D eigenvalue weighted by Gasteiger charge is 2.13. The van der Waals surface area contributed by atoms with Crippen molar-refractivity contribution in [3.8, 4) is 11.5 Å². The number of benzene rings is 2. The van der Waals surface area contributed by atoms with Crippen molar-refractivity contribution in [2.24, 2.45) is 0 Å². The quantitative estimate of drug-likeness (QED) is 0.561. The lowest BCUT2D eigenvalue weighted by Crippen LogP contribution is -2.17. The van der Waals surface area contributed by atoms with E-state index in [4.69, 9.17) is 9.47 Å². The molecular formula is C23H25N3O3. The molecule has 0 spiro atoms. The van der Waals surface area contributed by atoms with Gasteiger partial charge in [0.25, 0.3) is 5.91 Å². The van der Waals surface area contributed by atoms with Crippen molar-refractivity contribution < 1.29 is 14.3 Å². The molecule has 0 atom stereocenters. The molecule has 0 bridgehead atoms. The summed E-state index contributed by atoms with van der Waals surface area (Å²) in [7, 11) is 3.99. The zero-order chi connectivity index (χ0) is 20.5. The fourth-order valence-corrected chi connectivity index (χ4v) is 2.80. The van der Waals surface area contributed by atoms with E-state index in [2.05, 4.69) is 15.2 Å². The zero-order valence-corrected chi connectivity index (χ0v) is 16.7. The van der Waals surface area contributed by atoms with E-state index in [1.807, 2.05) is 62.6 Å². The summed E-state index contributed by atoms with van der Waals surface area (Å²) in [5.41, 5.74) is 1.52. The third-order valence-corrected chi connectivity index (χ3v) is 4.05. The van der Waals surface area contributed by atoms with Gasteiger partial charge >= 0.3 is 0 Å². The minimum atomic E-state index is -0.265.